The molecule has 0 unspecified atom stereocenters. The van der Waals surface area contributed by atoms with Gasteiger partial charge in [-0.2, -0.15) is 12.6 Å². The third kappa shape index (κ3) is 21.9. The zero-order valence-corrected chi connectivity index (χ0v) is 45.5. The zero-order valence-electron chi connectivity index (χ0n) is 44.6. The summed E-state index contributed by atoms with van der Waals surface area (Å²) in [4.78, 5) is 148. The van der Waals surface area contributed by atoms with Gasteiger partial charge in [0.25, 0.3) is 0 Å². The molecule has 0 saturated heterocycles. The lowest BCUT2D eigenvalue weighted by molar-refractivity contribution is -0.143. The maximum absolute atomic E-state index is 14.3. The van der Waals surface area contributed by atoms with Crippen molar-refractivity contribution in [2.24, 2.45) is 35.1 Å². The standard InChI is InChI=1S/C50H80N12O12S/c1-11-27(8)41(49(72)61-37(50(73)74)18-26(6)7)62-47(70)35(19-30-21-53-33-15-13-12-14-31(30)33)60-46(69)36(20-39(52)63)58-43(66)29(10)55-42(65)28(9)56-48(71)38(23-75)57-40(64)22-54-45(68)34(17-25(4)5)59-44(67)32(51)16-24(2)3/h12-15,21,24-29,32,34-38,41,53,75H,11,16-20,22-23,51H2,1-10H3,(H2,52,63)(H,54,68)(H,55,65)(H,56,71)(H,57,64)(H,58,66)(H,59,67)(H,60,69)(H,61,72)(H,62,70)(H,73,74)/t27-,28-,29-,32-,34-,35-,36-,37-,38-,41-/m0/s1. The van der Waals surface area contributed by atoms with Crippen molar-refractivity contribution in [1.29, 1.82) is 0 Å². The molecule has 418 valence electrons. The fourth-order valence-corrected chi connectivity index (χ4v) is 7.99. The Kier molecular flexibility index (Phi) is 26.8. The summed E-state index contributed by atoms with van der Waals surface area (Å²) in [5.41, 5.74) is 12.8. The van der Waals surface area contributed by atoms with Crippen LogP contribution in [0.5, 0.6) is 0 Å². The Bertz CT molecular complexity index is 2330. The number of hydrogen-bond donors (Lipinski definition) is 14. The van der Waals surface area contributed by atoms with Gasteiger partial charge in [0.15, 0.2) is 0 Å². The molecule has 15 N–H and O–H groups in total. The van der Waals surface area contributed by atoms with E-state index in [-0.39, 0.29) is 42.8 Å². The monoisotopic (exact) mass is 1070 g/mol. The molecule has 0 spiro atoms. The highest BCUT2D eigenvalue weighted by molar-refractivity contribution is 7.80. The first kappa shape index (κ1) is 64.4. The van der Waals surface area contributed by atoms with Gasteiger partial charge in [-0.25, -0.2) is 4.79 Å². The molecule has 0 bridgehead atoms. The van der Waals surface area contributed by atoms with Crippen LogP contribution >= 0.6 is 12.6 Å². The highest BCUT2D eigenvalue weighted by atomic mass is 32.1. The fourth-order valence-electron chi connectivity index (χ4n) is 7.73. The topological polar surface area (TPSA) is 384 Å². The summed E-state index contributed by atoms with van der Waals surface area (Å²) in [5.74, 6) is -10.2. The second kappa shape index (κ2) is 31.2. The number of carbonyl (C=O) groups is 11. The molecule has 25 heteroatoms. The number of aromatic amines is 1. The lowest BCUT2D eigenvalue weighted by atomic mass is 9.96. The van der Waals surface area contributed by atoms with Gasteiger partial charge in [-0.1, -0.05) is 80.0 Å². The minimum absolute atomic E-state index is 0.00546. The van der Waals surface area contributed by atoms with E-state index in [4.69, 9.17) is 11.5 Å². The normalized spacial score (nSPS) is 15.3. The third-order valence-electron chi connectivity index (χ3n) is 12.0. The Balaban J connectivity index is 2.20. The molecule has 0 radical (unpaired) electrons. The second-order valence-electron chi connectivity index (χ2n) is 20.2. The maximum Gasteiger partial charge on any atom is 0.326 e. The predicted molar refractivity (Wildman–Crippen MR) is 283 cm³/mol. The number of rotatable bonds is 32. The number of aliphatic carboxylic acids is 1. The number of hydrogen-bond acceptors (Lipinski definition) is 13. The number of nitrogens with one attached hydrogen (secondary N) is 10. The van der Waals surface area contributed by atoms with Crippen molar-refractivity contribution >= 4 is 88.6 Å². The van der Waals surface area contributed by atoms with Crippen LogP contribution in [-0.4, -0.2) is 142 Å². The number of H-pyrrole nitrogens is 1. The lowest BCUT2D eigenvalue weighted by Crippen LogP contribution is -2.61. The number of nitrogens with two attached hydrogens (primary N) is 2. The number of amides is 10. The highest BCUT2D eigenvalue weighted by Crippen LogP contribution is 2.20. The van der Waals surface area contributed by atoms with E-state index in [1.54, 1.807) is 58.2 Å². The fraction of sp³-hybridized carbons (Fsp3) is 0.620. The molecule has 10 amide bonds. The van der Waals surface area contributed by atoms with Crippen molar-refractivity contribution in [3.8, 4) is 0 Å². The molecule has 1 heterocycles. The Labute approximate surface area is 443 Å². The first-order valence-electron chi connectivity index (χ1n) is 25.2. The molecule has 2 rings (SSSR count). The van der Waals surface area contributed by atoms with Crippen LogP contribution in [0.2, 0.25) is 0 Å². The van der Waals surface area contributed by atoms with E-state index in [9.17, 15) is 57.8 Å². The zero-order chi connectivity index (χ0) is 56.9. The van der Waals surface area contributed by atoms with Gasteiger partial charge in [-0.05, 0) is 68.4 Å². The van der Waals surface area contributed by atoms with E-state index in [0.717, 1.165) is 0 Å². The molecule has 1 aromatic heterocycles. The molecule has 0 saturated carbocycles. The number of fused-ring (bicyclic) bond motifs is 1. The van der Waals surface area contributed by atoms with Crippen LogP contribution in [0.3, 0.4) is 0 Å². The summed E-state index contributed by atoms with van der Waals surface area (Å²) in [6, 6.07) is -4.30. The van der Waals surface area contributed by atoms with Crippen LogP contribution < -0.4 is 59.3 Å². The SMILES string of the molecule is CC[C@H](C)[C@H](NC(=O)[C@H](Cc1c[nH]c2ccccc12)NC(=O)[C@H](CC(N)=O)NC(=O)[C@H](C)NC(=O)[C@H](C)NC(=O)[C@H](CS)NC(=O)CNC(=O)[C@H](CC(C)C)NC(=O)[C@@H](N)CC(C)C)C(=O)N[C@@H](CC(C)C)C(=O)O. The van der Waals surface area contributed by atoms with E-state index in [1.807, 2.05) is 27.7 Å². The van der Waals surface area contributed by atoms with Crippen molar-refractivity contribution in [2.75, 3.05) is 12.3 Å². The maximum atomic E-state index is 14.3. The van der Waals surface area contributed by atoms with Crippen LogP contribution in [-0.2, 0) is 59.2 Å². The van der Waals surface area contributed by atoms with Gasteiger partial charge in [0.2, 0.25) is 59.1 Å². The number of benzene rings is 1. The van der Waals surface area contributed by atoms with Gasteiger partial charge in [-0.15, -0.1) is 0 Å². The van der Waals surface area contributed by atoms with Crippen molar-refractivity contribution in [2.45, 2.75) is 162 Å². The van der Waals surface area contributed by atoms with E-state index < -0.39 is 138 Å². The van der Waals surface area contributed by atoms with Crippen LogP contribution in [0.25, 0.3) is 10.9 Å². The highest BCUT2D eigenvalue weighted by Gasteiger charge is 2.36. The molecule has 10 atom stereocenters. The summed E-state index contributed by atoms with van der Waals surface area (Å²) < 4.78 is 0. The van der Waals surface area contributed by atoms with E-state index >= 15 is 0 Å². The first-order valence-corrected chi connectivity index (χ1v) is 25.8. The van der Waals surface area contributed by atoms with Gasteiger partial charge < -0.3 is 69.4 Å². The van der Waals surface area contributed by atoms with E-state index in [1.165, 1.54) is 13.8 Å². The Morgan fingerprint density at radius 3 is 1.65 bits per heavy atom. The number of para-hydroxylation sites is 1. The predicted octanol–water partition coefficient (Wildman–Crippen LogP) is -0.854. The second-order valence-corrected chi connectivity index (χ2v) is 20.5. The number of carboxylic acids is 1. The van der Waals surface area contributed by atoms with Gasteiger partial charge in [0.05, 0.1) is 19.0 Å². The van der Waals surface area contributed by atoms with Gasteiger partial charge in [-0.3, -0.25) is 47.9 Å². The lowest BCUT2D eigenvalue weighted by Gasteiger charge is -2.29. The molecule has 1 aromatic carbocycles. The molecular weight excluding hydrogens is 993 g/mol. The molecule has 0 aliphatic carbocycles. The molecule has 0 aliphatic heterocycles. The molecule has 2 aromatic rings. The average Bonchev–Trinajstić information content (AvgIpc) is 3.74. The molecule has 0 aliphatic rings. The van der Waals surface area contributed by atoms with E-state index in [2.05, 4.69) is 65.5 Å². The Morgan fingerprint density at radius 1 is 0.587 bits per heavy atom. The quantitative estimate of drug-likeness (QED) is 0.0398. The van der Waals surface area contributed by atoms with Crippen molar-refractivity contribution in [3.63, 3.8) is 0 Å². The average molecular weight is 1070 g/mol. The summed E-state index contributed by atoms with van der Waals surface area (Å²) in [5, 5.41) is 33.0. The summed E-state index contributed by atoms with van der Waals surface area (Å²) in [6.07, 6.45) is 1.90. The minimum atomic E-state index is -1.69. The molecular formula is C50H80N12O12S. The van der Waals surface area contributed by atoms with Crippen molar-refractivity contribution in [1.82, 2.24) is 52.8 Å². The summed E-state index contributed by atoms with van der Waals surface area (Å²) >= 11 is 4.15. The summed E-state index contributed by atoms with van der Waals surface area (Å²) in [7, 11) is 0. The smallest absolute Gasteiger partial charge is 0.326 e. The van der Waals surface area contributed by atoms with Gasteiger partial charge >= 0.3 is 5.97 Å². The summed E-state index contributed by atoms with van der Waals surface area (Å²) in [6.45, 7) is 16.6. The first-order chi connectivity index (χ1) is 35.1. The Morgan fingerprint density at radius 2 is 1.09 bits per heavy atom. The third-order valence-corrected chi connectivity index (χ3v) is 12.4. The number of carbonyl (C=O) groups excluding carboxylic acids is 10. The minimum Gasteiger partial charge on any atom is -0.480 e. The number of thiol groups is 1. The number of primary amides is 1. The van der Waals surface area contributed by atoms with Crippen LogP contribution in [0.1, 0.15) is 107 Å². The Hall–Kier alpha value is -6.76. The van der Waals surface area contributed by atoms with E-state index in [0.29, 0.717) is 29.3 Å². The van der Waals surface area contributed by atoms with Crippen LogP contribution in [0.4, 0.5) is 0 Å². The van der Waals surface area contributed by atoms with Gasteiger partial charge in [0, 0.05) is 29.3 Å². The molecule has 24 nitrogen and oxygen atoms in total. The molecule has 0 fully saturated rings. The van der Waals surface area contributed by atoms with Gasteiger partial charge in [0.1, 0.15) is 48.3 Å². The number of carboxylic acid groups (broad SMARTS) is 1. The van der Waals surface area contributed by atoms with Crippen LogP contribution in [0.15, 0.2) is 30.5 Å². The van der Waals surface area contributed by atoms with Crippen LogP contribution in [0, 0.1) is 23.7 Å². The molecule has 75 heavy (non-hydrogen) atoms. The number of aromatic nitrogens is 1. The van der Waals surface area contributed by atoms with Crippen molar-refractivity contribution < 1.29 is 57.8 Å². The largest absolute Gasteiger partial charge is 0.480 e. The van der Waals surface area contributed by atoms with Crippen molar-refractivity contribution in [3.05, 3.63) is 36.0 Å².